The van der Waals surface area contributed by atoms with E-state index in [0.29, 0.717) is 59.0 Å². The summed E-state index contributed by atoms with van der Waals surface area (Å²) >= 11 is 0. The van der Waals surface area contributed by atoms with Crippen molar-refractivity contribution >= 4 is 45.8 Å². The number of anilines is 3. The first-order valence-electron chi connectivity index (χ1n) is 13.2. The molecule has 2 amide bonds. The number of aromatic nitrogens is 2. The maximum atomic E-state index is 13.1. The molecule has 0 bridgehead atoms. The molecule has 1 aromatic heterocycles. The first-order chi connectivity index (χ1) is 19.8. The van der Waals surface area contributed by atoms with Gasteiger partial charge in [-0.3, -0.25) is 9.59 Å². The minimum absolute atomic E-state index is 0.130. The predicted molar refractivity (Wildman–Crippen MR) is 155 cm³/mol. The van der Waals surface area contributed by atoms with E-state index in [-0.39, 0.29) is 36.9 Å². The fourth-order valence-electron chi connectivity index (χ4n) is 4.09. The van der Waals surface area contributed by atoms with Crippen LogP contribution in [0.3, 0.4) is 0 Å². The molecular weight excluding hydrogens is 548 g/mol. The number of Topliss-reactive ketones (excluding diaryl/α,β-unsaturated/α-hetero) is 1. The van der Waals surface area contributed by atoms with Crippen molar-refractivity contribution in [1.29, 1.82) is 0 Å². The summed E-state index contributed by atoms with van der Waals surface area (Å²) in [4.78, 5) is 47.2. The Morgan fingerprint density at radius 3 is 2.59 bits per heavy atom. The highest BCUT2D eigenvalue weighted by molar-refractivity contribution is 7.75. The predicted octanol–water partition coefficient (Wildman–Crippen LogP) is 3.67. The average molecular weight is 581 g/mol. The Bertz CT molecular complexity index is 1500. The van der Waals surface area contributed by atoms with E-state index in [9.17, 15) is 23.7 Å². The highest BCUT2D eigenvalue weighted by atomic mass is 32.2. The molecule has 0 spiro atoms. The number of carbonyl (C=O) groups excluding carboxylic acids is 3. The zero-order valence-electron chi connectivity index (χ0n) is 22.7. The van der Waals surface area contributed by atoms with Gasteiger partial charge in [0.1, 0.15) is 11.6 Å². The van der Waals surface area contributed by atoms with Crippen LogP contribution in [0.25, 0.3) is 11.1 Å². The van der Waals surface area contributed by atoms with Crippen molar-refractivity contribution in [2.75, 3.05) is 36.9 Å². The van der Waals surface area contributed by atoms with E-state index in [1.165, 1.54) is 0 Å². The molecule has 1 unspecified atom stereocenters. The number of aliphatic hydroxyl groups is 1. The van der Waals surface area contributed by atoms with E-state index < -0.39 is 16.7 Å². The van der Waals surface area contributed by atoms with Gasteiger partial charge in [0, 0.05) is 59.9 Å². The van der Waals surface area contributed by atoms with Gasteiger partial charge < -0.3 is 25.4 Å². The molecule has 0 aliphatic carbocycles. The van der Waals surface area contributed by atoms with Crippen LogP contribution in [-0.4, -0.2) is 74.3 Å². The Kier molecular flexibility index (Phi) is 9.98. The molecule has 2 atom stereocenters. The number of thiol groups is 1. The van der Waals surface area contributed by atoms with Crippen molar-refractivity contribution in [2.24, 2.45) is 4.36 Å². The molecule has 1 aliphatic rings. The number of piperidine rings is 1. The SMILES string of the molecule is CCOC(=O)/N=[SH](=O)/c1ccc(Nc2ncc(-c3cccc(C(=O)N4CCC(=O)CC4)c3)c(N[C@H](C)CO)n2)cc1. The molecule has 3 aromatic rings. The first kappa shape index (κ1) is 29.6. The molecule has 216 valence electrons. The third-order valence-corrected chi connectivity index (χ3v) is 7.34. The summed E-state index contributed by atoms with van der Waals surface area (Å²) in [7, 11) is -2.29. The van der Waals surface area contributed by atoms with Crippen LogP contribution in [0.4, 0.5) is 22.2 Å². The molecule has 0 radical (unpaired) electrons. The smallest absolute Gasteiger partial charge is 0.441 e. The lowest BCUT2D eigenvalue weighted by Gasteiger charge is -2.26. The number of carbonyl (C=O) groups is 3. The minimum atomic E-state index is -2.29. The number of hydrogen-bond acceptors (Lipinski definition) is 10. The summed E-state index contributed by atoms with van der Waals surface area (Å²) in [6, 6.07) is 13.3. The fraction of sp³-hybridized carbons (Fsp3) is 0.321. The van der Waals surface area contributed by atoms with Crippen LogP contribution in [0, 0.1) is 0 Å². The number of nitrogens with one attached hydrogen (secondary N) is 2. The normalized spacial score (nSPS) is 14.8. The Labute approximate surface area is 239 Å². The number of aliphatic hydroxyl groups excluding tert-OH is 1. The van der Waals surface area contributed by atoms with Crippen LogP contribution in [-0.2, 0) is 20.1 Å². The zero-order chi connectivity index (χ0) is 29.4. The maximum Gasteiger partial charge on any atom is 0.441 e. The maximum absolute atomic E-state index is 13.1. The number of likely N-dealkylation sites (tertiary alicyclic amines) is 1. The van der Waals surface area contributed by atoms with Gasteiger partial charge in [0.25, 0.3) is 5.91 Å². The molecule has 1 saturated heterocycles. The molecule has 41 heavy (non-hydrogen) atoms. The van der Waals surface area contributed by atoms with Gasteiger partial charge in [0.05, 0.1) is 23.8 Å². The zero-order valence-corrected chi connectivity index (χ0v) is 23.6. The third kappa shape index (κ3) is 7.86. The molecule has 2 aromatic carbocycles. The number of benzene rings is 2. The van der Waals surface area contributed by atoms with Gasteiger partial charge in [-0.1, -0.05) is 12.1 Å². The molecule has 3 N–H and O–H groups in total. The molecular formula is C28H32N6O6S. The van der Waals surface area contributed by atoms with Gasteiger partial charge in [-0.25, -0.2) is 14.0 Å². The van der Waals surface area contributed by atoms with E-state index in [1.54, 1.807) is 67.4 Å². The van der Waals surface area contributed by atoms with Gasteiger partial charge in [-0.05, 0) is 55.8 Å². The van der Waals surface area contributed by atoms with Crippen LogP contribution in [0.5, 0.6) is 0 Å². The fourth-order valence-corrected chi connectivity index (χ4v) is 4.82. The van der Waals surface area contributed by atoms with Crippen LogP contribution in [0.15, 0.2) is 64.0 Å². The van der Waals surface area contributed by atoms with E-state index in [1.807, 2.05) is 6.07 Å². The summed E-state index contributed by atoms with van der Waals surface area (Å²) in [5, 5.41) is 15.9. The number of rotatable bonds is 9. The van der Waals surface area contributed by atoms with E-state index >= 15 is 0 Å². The summed E-state index contributed by atoms with van der Waals surface area (Å²) in [5.41, 5.74) is 2.44. The van der Waals surface area contributed by atoms with Gasteiger partial charge in [-0.2, -0.15) is 4.98 Å². The quantitative estimate of drug-likeness (QED) is 0.275. The Hall–Kier alpha value is -4.36. The second kappa shape index (κ2) is 13.8. The Morgan fingerprint density at radius 1 is 1.17 bits per heavy atom. The van der Waals surface area contributed by atoms with Gasteiger partial charge in [0.15, 0.2) is 0 Å². The van der Waals surface area contributed by atoms with Crippen molar-refractivity contribution in [2.45, 2.75) is 37.6 Å². The summed E-state index contributed by atoms with van der Waals surface area (Å²) in [5.74, 6) is 0.737. The van der Waals surface area contributed by atoms with Crippen LogP contribution in [0.1, 0.15) is 37.0 Å². The topological polar surface area (TPSA) is 163 Å². The van der Waals surface area contributed by atoms with Gasteiger partial charge in [0.2, 0.25) is 5.95 Å². The molecule has 0 saturated carbocycles. The van der Waals surface area contributed by atoms with Crippen LogP contribution < -0.4 is 10.6 Å². The molecule has 2 heterocycles. The summed E-state index contributed by atoms with van der Waals surface area (Å²) in [6.07, 6.45) is 1.48. The van der Waals surface area contributed by atoms with Crippen molar-refractivity contribution in [1.82, 2.24) is 14.9 Å². The molecule has 1 aliphatic heterocycles. The van der Waals surface area contributed by atoms with E-state index in [4.69, 9.17) is 4.74 Å². The lowest BCUT2D eigenvalue weighted by atomic mass is 10.0. The Balaban J connectivity index is 1.57. The van der Waals surface area contributed by atoms with Gasteiger partial charge in [-0.15, -0.1) is 4.36 Å². The van der Waals surface area contributed by atoms with Crippen molar-refractivity contribution in [3.05, 3.63) is 60.3 Å². The van der Waals surface area contributed by atoms with Crippen LogP contribution >= 0.6 is 0 Å². The lowest BCUT2D eigenvalue weighted by molar-refractivity contribution is -0.120. The number of hydrogen-bond donors (Lipinski definition) is 4. The Morgan fingerprint density at radius 2 is 1.90 bits per heavy atom. The lowest BCUT2D eigenvalue weighted by Crippen LogP contribution is -2.38. The molecule has 4 rings (SSSR count). The number of amides is 2. The second-order valence-corrected chi connectivity index (χ2v) is 10.6. The minimum Gasteiger partial charge on any atom is -0.448 e. The van der Waals surface area contributed by atoms with Crippen molar-refractivity contribution in [3.8, 4) is 11.1 Å². The third-order valence-electron chi connectivity index (χ3n) is 6.26. The van der Waals surface area contributed by atoms with Crippen molar-refractivity contribution < 1.29 is 28.4 Å². The standard InChI is InChI=1S/C28H32N6O6S/c1-3-40-28(38)33-41(39)23-9-7-21(8-10-23)31-27-29-16-24(25(32-27)30-18(2)17-35)19-5-4-6-20(15-19)26(37)34-13-11-22(36)12-14-34/h4-10,15-16,18,35,41H,3,11-14,17H2,1-2H3,(H2,29,30,31,32)/t18-/m1/s1. The second-order valence-electron chi connectivity index (χ2n) is 9.34. The summed E-state index contributed by atoms with van der Waals surface area (Å²) < 4.78 is 20.5. The molecule has 13 heteroatoms. The number of ether oxygens (including phenoxy) is 1. The number of nitrogens with zero attached hydrogens (tertiary/aromatic N) is 4. The molecule has 12 nitrogen and oxygen atoms in total. The number of ketones is 1. The highest BCUT2D eigenvalue weighted by Gasteiger charge is 2.22. The average Bonchev–Trinajstić information content (AvgIpc) is 2.98. The summed E-state index contributed by atoms with van der Waals surface area (Å²) in [6.45, 7) is 4.27. The monoisotopic (exact) mass is 580 g/mol. The highest BCUT2D eigenvalue weighted by Crippen LogP contribution is 2.29. The van der Waals surface area contributed by atoms with Gasteiger partial charge >= 0.3 is 6.09 Å². The first-order valence-corrected chi connectivity index (χ1v) is 14.4. The van der Waals surface area contributed by atoms with Crippen LogP contribution in [0.2, 0.25) is 0 Å². The van der Waals surface area contributed by atoms with E-state index in [0.717, 1.165) is 0 Å². The van der Waals surface area contributed by atoms with E-state index in [2.05, 4.69) is 25.0 Å². The van der Waals surface area contributed by atoms with Crippen molar-refractivity contribution in [3.63, 3.8) is 0 Å². The largest absolute Gasteiger partial charge is 0.448 e. The molecule has 1 fully saturated rings.